The molecule has 7 nitrogen and oxygen atoms in total. The first-order valence-electron chi connectivity index (χ1n) is 9.29. The maximum atomic E-state index is 13.3. The van der Waals surface area contributed by atoms with Crippen LogP contribution in [0.25, 0.3) is 11.0 Å². The number of aromatic nitrogens is 3. The maximum absolute atomic E-state index is 13.3. The number of nitrogen functional groups attached to an aromatic ring is 1. The second-order valence-electron chi connectivity index (χ2n) is 6.37. The van der Waals surface area contributed by atoms with Gasteiger partial charge in [0.05, 0.1) is 11.1 Å². The molecule has 3 aromatic rings. The molecule has 30 heavy (non-hydrogen) atoms. The van der Waals surface area contributed by atoms with E-state index in [1.54, 1.807) is 29.2 Å². The summed E-state index contributed by atoms with van der Waals surface area (Å²) >= 11 is 0. The Hall–Kier alpha value is -4.04. The smallest absolute Gasteiger partial charge is 0.298 e. The van der Waals surface area contributed by atoms with Gasteiger partial charge >= 0.3 is 0 Å². The van der Waals surface area contributed by atoms with Crippen molar-refractivity contribution in [1.82, 2.24) is 19.9 Å². The van der Waals surface area contributed by atoms with E-state index in [4.69, 9.17) is 16.9 Å². The Bertz CT molecular complexity index is 1130. The van der Waals surface area contributed by atoms with Crippen LogP contribution in [0.15, 0.2) is 36.7 Å². The molecule has 1 saturated heterocycles. The monoisotopic (exact) mass is 405 g/mol. The molecule has 3 heterocycles. The molecule has 4 rings (SSSR count). The fourth-order valence-electron chi connectivity index (χ4n) is 2.84. The third kappa shape index (κ3) is 5.27. The van der Waals surface area contributed by atoms with Gasteiger partial charge in [0.1, 0.15) is 24.4 Å². The predicted octanol–water partition coefficient (Wildman–Crippen LogP) is 2.35. The van der Waals surface area contributed by atoms with Crippen LogP contribution < -0.4 is 10.5 Å². The zero-order valence-corrected chi connectivity index (χ0v) is 16.2. The topological polar surface area (TPSA) is 97.1 Å². The van der Waals surface area contributed by atoms with Crippen molar-refractivity contribution in [2.24, 2.45) is 0 Å². The molecule has 0 bridgehead atoms. The highest BCUT2D eigenvalue weighted by atomic mass is 19.1. The number of para-hydroxylation sites is 1. The van der Waals surface area contributed by atoms with E-state index < -0.39 is 5.82 Å². The molecule has 0 radical (unpaired) electrons. The van der Waals surface area contributed by atoms with E-state index in [1.807, 2.05) is 0 Å². The lowest BCUT2D eigenvalue weighted by atomic mass is 10.3. The zero-order chi connectivity index (χ0) is 21.3. The summed E-state index contributed by atoms with van der Waals surface area (Å²) < 4.78 is 18.6. The number of ether oxygens (including phenoxy) is 1. The molecule has 1 aliphatic heterocycles. The van der Waals surface area contributed by atoms with E-state index in [-0.39, 0.29) is 18.3 Å². The molecular formula is C22H20FN5O2. The van der Waals surface area contributed by atoms with Crippen LogP contribution in [0.1, 0.15) is 18.5 Å². The number of H-pyrrole nitrogens is 1. The first kappa shape index (κ1) is 20.7. The van der Waals surface area contributed by atoms with Gasteiger partial charge in [-0.1, -0.05) is 18.1 Å². The Kier molecular flexibility index (Phi) is 6.86. The molecule has 1 aromatic carbocycles. The minimum atomic E-state index is -0.409. The number of likely N-dealkylation sites (tertiary alicyclic amines) is 1. The third-order valence-corrected chi connectivity index (χ3v) is 4.33. The van der Waals surface area contributed by atoms with Crippen LogP contribution in [0.4, 0.5) is 10.2 Å². The second-order valence-corrected chi connectivity index (χ2v) is 6.37. The van der Waals surface area contributed by atoms with Crippen LogP contribution in [-0.4, -0.2) is 45.5 Å². The van der Waals surface area contributed by atoms with Crippen LogP contribution in [0.5, 0.6) is 5.75 Å². The maximum Gasteiger partial charge on any atom is 0.298 e. The predicted molar refractivity (Wildman–Crippen MR) is 112 cm³/mol. The lowest BCUT2D eigenvalue weighted by Gasteiger charge is -2.08. The first-order valence-corrected chi connectivity index (χ1v) is 9.29. The lowest BCUT2D eigenvalue weighted by molar-refractivity contribution is -0.124. The van der Waals surface area contributed by atoms with Gasteiger partial charge in [-0.15, -0.1) is 6.42 Å². The number of nitrogens with zero attached hydrogens (tertiary/aromatic N) is 3. The lowest BCUT2D eigenvalue weighted by Crippen LogP contribution is -2.25. The fourth-order valence-corrected chi connectivity index (χ4v) is 2.84. The Morgan fingerprint density at radius 3 is 2.77 bits per heavy atom. The fraction of sp³-hybridized carbons (Fsp3) is 0.227. The largest absolute Gasteiger partial charge is 0.478 e. The number of hydrogen-bond acceptors (Lipinski definition) is 5. The van der Waals surface area contributed by atoms with Crippen molar-refractivity contribution < 1.29 is 13.9 Å². The van der Waals surface area contributed by atoms with E-state index in [1.165, 1.54) is 12.4 Å². The molecule has 0 unspecified atom stereocenters. The highest BCUT2D eigenvalue weighted by Crippen LogP contribution is 2.17. The molecule has 8 heteroatoms. The van der Waals surface area contributed by atoms with E-state index in [2.05, 4.69) is 32.7 Å². The highest BCUT2D eigenvalue weighted by molar-refractivity contribution is 5.93. The molecular weight excluding hydrogens is 385 g/mol. The highest BCUT2D eigenvalue weighted by Gasteiger charge is 2.14. The van der Waals surface area contributed by atoms with E-state index in [9.17, 15) is 9.18 Å². The van der Waals surface area contributed by atoms with Crippen molar-refractivity contribution in [3.63, 3.8) is 0 Å². The van der Waals surface area contributed by atoms with Crippen molar-refractivity contribution in [2.45, 2.75) is 12.8 Å². The van der Waals surface area contributed by atoms with Gasteiger partial charge in [-0.2, -0.15) is 0 Å². The number of carbonyl (C=O) groups is 1. The van der Waals surface area contributed by atoms with Gasteiger partial charge < -0.3 is 20.4 Å². The third-order valence-electron chi connectivity index (χ3n) is 4.33. The molecule has 3 N–H and O–H groups in total. The molecule has 0 atom stereocenters. The van der Waals surface area contributed by atoms with Crippen LogP contribution in [-0.2, 0) is 4.79 Å². The van der Waals surface area contributed by atoms with Crippen LogP contribution in [0, 0.1) is 30.0 Å². The summed E-state index contributed by atoms with van der Waals surface area (Å²) in [7, 11) is 0. The number of benzene rings is 1. The van der Waals surface area contributed by atoms with Crippen molar-refractivity contribution in [2.75, 3.05) is 25.4 Å². The number of rotatable bonds is 2. The summed E-state index contributed by atoms with van der Waals surface area (Å²) in [6.07, 6.45) is 8.50. The molecule has 1 aliphatic rings. The minimum Gasteiger partial charge on any atom is -0.478 e. The first-order chi connectivity index (χ1) is 14.6. The van der Waals surface area contributed by atoms with E-state index >= 15 is 0 Å². The summed E-state index contributed by atoms with van der Waals surface area (Å²) in [5, 5.41) is 0.719. The van der Waals surface area contributed by atoms with Crippen molar-refractivity contribution in [3.8, 4) is 29.9 Å². The zero-order valence-electron chi connectivity index (χ0n) is 16.2. The minimum absolute atomic E-state index is 0.0808. The molecule has 2 aromatic heterocycles. The normalized spacial score (nSPS) is 12.3. The van der Waals surface area contributed by atoms with Crippen LogP contribution in [0.2, 0.25) is 0 Å². The average molecular weight is 405 g/mol. The van der Waals surface area contributed by atoms with Gasteiger partial charge in [0.15, 0.2) is 11.6 Å². The molecule has 1 amide bonds. The van der Waals surface area contributed by atoms with Gasteiger partial charge in [0, 0.05) is 13.1 Å². The van der Waals surface area contributed by atoms with Gasteiger partial charge in [-0.3, -0.25) is 4.79 Å². The van der Waals surface area contributed by atoms with Gasteiger partial charge in [0.2, 0.25) is 0 Å². The van der Waals surface area contributed by atoms with Gasteiger partial charge in [-0.25, -0.2) is 14.4 Å². The SMILES string of the molecule is C#CC(=O)N1CCCC1.Nc1ncnc2[nH]c(C#CCOc3ccccc3F)cc12. The summed E-state index contributed by atoms with van der Waals surface area (Å²) in [5.41, 5.74) is 7.01. The van der Waals surface area contributed by atoms with Crippen LogP contribution >= 0.6 is 0 Å². The average Bonchev–Trinajstić information content (AvgIpc) is 3.43. The summed E-state index contributed by atoms with van der Waals surface area (Å²) in [4.78, 5) is 23.4. The number of amides is 1. The molecule has 0 spiro atoms. The quantitative estimate of drug-likeness (QED) is 0.638. The standard InChI is InChI=1S/C15H11FN4O.C7H9NO/c16-12-5-1-2-6-13(12)21-7-3-4-10-8-11-14(17)18-9-19-15(11)20-10;1-2-7(9)8-5-3-4-6-8/h1-2,5-6,8-9H,7H2,(H3,17,18,19,20);1H,3-6H2. The molecule has 0 aliphatic carbocycles. The Labute approximate surface area is 173 Å². The molecule has 152 valence electrons. The Morgan fingerprint density at radius 2 is 2.07 bits per heavy atom. The van der Waals surface area contributed by atoms with Gasteiger partial charge in [0.25, 0.3) is 5.91 Å². The number of carbonyl (C=O) groups excluding carboxylic acids is 1. The second kappa shape index (κ2) is 9.94. The number of aromatic amines is 1. The summed E-state index contributed by atoms with van der Waals surface area (Å²) in [6.45, 7) is 1.78. The van der Waals surface area contributed by atoms with Crippen molar-refractivity contribution in [3.05, 3.63) is 48.2 Å². The summed E-state index contributed by atoms with van der Waals surface area (Å²) in [6, 6.07) is 7.95. The Balaban J connectivity index is 0.000000239. The number of fused-ring (bicyclic) bond motifs is 1. The van der Waals surface area contributed by atoms with Crippen molar-refractivity contribution in [1.29, 1.82) is 0 Å². The van der Waals surface area contributed by atoms with Crippen molar-refractivity contribution >= 4 is 22.8 Å². The number of anilines is 1. The molecule has 0 saturated carbocycles. The number of nitrogens with one attached hydrogen (secondary N) is 1. The summed E-state index contributed by atoms with van der Waals surface area (Å²) in [5.74, 6) is 7.77. The number of terminal acetylenes is 1. The number of hydrogen-bond donors (Lipinski definition) is 2. The Morgan fingerprint density at radius 1 is 1.30 bits per heavy atom. The molecule has 1 fully saturated rings. The number of halogens is 1. The van der Waals surface area contributed by atoms with E-state index in [0.29, 0.717) is 17.2 Å². The van der Waals surface area contributed by atoms with Crippen LogP contribution in [0.3, 0.4) is 0 Å². The van der Waals surface area contributed by atoms with Gasteiger partial charge in [-0.05, 0) is 42.9 Å². The van der Waals surface area contributed by atoms with E-state index in [0.717, 1.165) is 31.3 Å². The number of nitrogens with two attached hydrogens (primary N) is 1.